The standard InChI is InChI=1S/C10H16BN/c1-5-9-11(10-6-2)12(7-3)8-4/h7-8H2,1-4H3. The lowest BCUT2D eigenvalue weighted by Gasteiger charge is -2.17. The van der Waals surface area contributed by atoms with E-state index in [0.717, 1.165) is 13.1 Å². The fraction of sp³-hybridized carbons (Fsp3) is 0.600. The number of hydrogen-bond acceptors (Lipinski definition) is 1. The Hall–Kier alpha value is -0.855. The largest absolute Gasteiger partial charge is 0.397 e. The molecule has 0 atom stereocenters. The van der Waals surface area contributed by atoms with Gasteiger partial charge in [-0.05, 0) is 26.9 Å². The number of nitrogens with zero attached hydrogens (tertiary/aromatic N) is 1. The van der Waals surface area contributed by atoms with Crippen LogP contribution in [0.2, 0.25) is 0 Å². The minimum atomic E-state index is 0.120. The van der Waals surface area contributed by atoms with Crippen molar-refractivity contribution >= 4 is 6.85 Å². The summed E-state index contributed by atoms with van der Waals surface area (Å²) in [5.41, 5.74) is 0. The predicted octanol–water partition coefficient (Wildman–Crippen LogP) is 1.44. The molecule has 0 aliphatic heterocycles. The molecule has 0 fully saturated rings. The molecule has 2 heteroatoms. The second-order valence-electron chi connectivity index (χ2n) is 2.41. The van der Waals surface area contributed by atoms with Gasteiger partial charge in [0.1, 0.15) is 0 Å². The van der Waals surface area contributed by atoms with Crippen LogP contribution in [0.4, 0.5) is 0 Å². The molecule has 0 radical (unpaired) electrons. The average Bonchev–Trinajstić information content (AvgIpc) is 2.07. The smallest absolute Gasteiger partial charge is 0.321 e. The molecular formula is C10H16BN. The molecule has 0 aromatic carbocycles. The van der Waals surface area contributed by atoms with Crippen LogP contribution in [-0.2, 0) is 0 Å². The second-order valence-corrected chi connectivity index (χ2v) is 2.41. The van der Waals surface area contributed by atoms with Crippen molar-refractivity contribution in [2.45, 2.75) is 27.7 Å². The van der Waals surface area contributed by atoms with Crippen LogP contribution in [0, 0.1) is 23.5 Å². The van der Waals surface area contributed by atoms with Gasteiger partial charge in [0.15, 0.2) is 0 Å². The fourth-order valence-corrected chi connectivity index (χ4v) is 1.08. The third-order valence-corrected chi connectivity index (χ3v) is 1.74. The van der Waals surface area contributed by atoms with E-state index < -0.39 is 0 Å². The molecule has 0 saturated heterocycles. The Morgan fingerprint density at radius 1 is 1.00 bits per heavy atom. The van der Waals surface area contributed by atoms with Gasteiger partial charge in [0, 0.05) is 0 Å². The van der Waals surface area contributed by atoms with Gasteiger partial charge in [-0.25, -0.2) is 0 Å². The second kappa shape index (κ2) is 6.83. The van der Waals surface area contributed by atoms with Gasteiger partial charge in [0.05, 0.1) is 0 Å². The van der Waals surface area contributed by atoms with Gasteiger partial charge < -0.3 is 4.81 Å². The van der Waals surface area contributed by atoms with Crippen molar-refractivity contribution in [1.29, 1.82) is 0 Å². The molecular weight excluding hydrogens is 145 g/mol. The monoisotopic (exact) mass is 161 g/mol. The summed E-state index contributed by atoms with van der Waals surface area (Å²) in [6.45, 7) is 10.1. The SMILES string of the molecule is CC#CB(C#CC)N(CC)CC. The molecule has 0 heterocycles. The van der Waals surface area contributed by atoms with Crippen molar-refractivity contribution in [3.8, 4) is 23.5 Å². The van der Waals surface area contributed by atoms with Crippen LogP contribution < -0.4 is 0 Å². The Labute approximate surface area is 76.6 Å². The summed E-state index contributed by atoms with van der Waals surface area (Å²) < 4.78 is 0. The molecule has 0 unspecified atom stereocenters. The number of rotatable bonds is 3. The maximum absolute atomic E-state index is 3.09. The van der Waals surface area contributed by atoms with E-state index in [1.807, 2.05) is 13.8 Å². The third-order valence-electron chi connectivity index (χ3n) is 1.74. The summed E-state index contributed by atoms with van der Waals surface area (Å²) in [6, 6.07) is 0. The predicted molar refractivity (Wildman–Crippen MR) is 55.6 cm³/mol. The maximum Gasteiger partial charge on any atom is 0.397 e. The molecule has 0 aromatic heterocycles. The highest BCUT2D eigenvalue weighted by Crippen LogP contribution is 1.91. The Bertz CT molecular complexity index is 202. The fourth-order valence-electron chi connectivity index (χ4n) is 1.08. The summed E-state index contributed by atoms with van der Waals surface area (Å²) in [5.74, 6) is 12.0. The molecule has 0 amide bonds. The van der Waals surface area contributed by atoms with Crippen molar-refractivity contribution < 1.29 is 0 Å². The Balaban J connectivity index is 4.39. The zero-order valence-electron chi connectivity index (χ0n) is 8.44. The number of hydrogen-bond donors (Lipinski definition) is 0. The van der Waals surface area contributed by atoms with Crippen molar-refractivity contribution in [3.05, 3.63) is 0 Å². The van der Waals surface area contributed by atoms with Crippen LogP contribution >= 0.6 is 0 Å². The minimum absolute atomic E-state index is 0.120. The summed E-state index contributed by atoms with van der Waals surface area (Å²) >= 11 is 0. The van der Waals surface area contributed by atoms with E-state index in [1.165, 1.54) is 0 Å². The zero-order valence-corrected chi connectivity index (χ0v) is 8.44. The molecule has 12 heavy (non-hydrogen) atoms. The first-order valence-electron chi connectivity index (χ1n) is 4.38. The van der Waals surface area contributed by atoms with Gasteiger partial charge in [0.2, 0.25) is 0 Å². The Kier molecular flexibility index (Phi) is 6.34. The highest BCUT2D eigenvalue weighted by molar-refractivity contribution is 6.72. The summed E-state index contributed by atoms with van der Waals surface area (Å²) in [7, 11) is 0. The quantitative estimate of drug-likeness (QED) is 0.447. The van der Waals surface area contributed by atoms with Crippen LogP contribution in [0.15, 0.2) is 0 Å². The minimum Gasteiger partial charge on any atom is -0.321 e. The molecule has 0 spiro atoms. The van der Waals surface area contributed by atoms with Gasteiger partial charge in [0.25, 0.3) is 0 Å². The van der Waals surface area contributed by atoms with E-state index >= 15 is 0 Å². The van der Waals surface area contributed by atoms with E-state index in [0.29, 0.717) is 0 Å². The molecule has 0 N–H and O–H groups in total. The van der Waals surface area contributed by atoms with Crippen molar-refractivity contribution in [2.24, 2.45) is 0 Å². The average molecular weight is 161 g/mol. The van der Waals surface area contributed by atoms with Crippen molar-refractivity contribution in [2.75, 3.05) is 13.1 Å². The molecule has 64 valence electrons. The third kappa shape index (κ3) is 3.51. The van der Waals surface area contributed by atoms with Gasteiger partial charge in [-0.3, -0.25) is 0 Å². The molecule has 0 saturated carbocycles. The Morgan fingerprint density at radius 3 is 1.67 bits per heavy atom. The summed E-state index contributed by atoms with van der Waals surface area (Å²) in [5, 5.41) is 0. The van der Waals surface area contributed by atoms with E-state index in [-0.39, 0.29) is 6.85 Å². The Morgan fingerprint density at radius 2 is 1.42 bits per heavy atom. The van der Waals surface area contributed by atoms with Crippen LogP contribution in [-0.4, -0.2) is 24.7 Å². The van der Waals surface area contributed by atoms with E-state index in [9.17, 15) is 0 Å². The molecule has 0 aliphatic carbocycles. The highest BCUT2D eigenvalue weighted by atomic mass is 15.0. The summed E-state index contributed by atoms with van der Waals surface area (Å²) in [6.07, 6.45) is 0. The normalized spacial score (nSPS) is 8.08. The lowest BCUT2D eigenvalue weighted by Crippen LogP contribution is -2.37. The molecule has 0 rings (SSSR count). The topological polar surface area (TPSA) is 3.24 Å². The lowest BCUT2D eigenvalue weighted by molar-refractivity contribution is 0.492. The zero-order chi connectivity index (χ0) is 9.40. The molecule has 0 bridgehead atoms. The van der Waals surface area contributed by atoms with Gasteiger partial charge in [-0.1, -0.05) is 13.8 Å². The molecule has 1 nitrogen and oxygen atoms in total. The van der Waals surface area contributed by atoms with Crippen LogP contribution in [0.3, 0.4) is 0 Å². The maximum atomic E-state index is 3.09. The van der Waals surface area contributed by atoms with Crippen molar-refractivity contribution in [1.82, 2.24) is 4.81 Å². The van der Waals surface area contributed by atoms with Crippen molar-refractivity contribution in [3.63, 3.8) is 0 Å². The molecule has 0 aliphatic rings. The van der Waals surface area contributed by atoms with Gasteiger partial charge in [-0.15, -0.1) is 23.5 Å². The van der Waals surface area contributed by atoms with Crippen LogP contribution in [0.25, 0.3) is 0 Å². The summed E-state index contributed by atoms with van der Waals surface area (Å²) in [4.78, 5) is 2.24. The van der Waals surface area contributed by atoms with Crippen LogP contribution in [0.1, 0.15) is 27.7 Å². The first-order chi connectivity index (χ1) is 5.79. The highest BCUT2D eigenvalue weighted by Gasteiger charge is 2.15. The first kappa shape index (κ1) is 11.1. The lowest BCUT2D eigenvalue weighted by atomic mass is 9.62. The first-order valence-corrected chi connectivity index (χ1v) is 4.38. The molecule has 0 aromatic rings. The van der Waals surface area contributed by atoms with Crippen LogP contribution in [0.5, 0.6) is 0 Å². The van der Waals surface area contributed by atoms with Gasteiger partial charge >= 0.3 is 6.85 Å². The van der Waals surface area contributed by atoms with E-state index in [1.54, 1.807) is 0 Å². The van der Waals surface area contributed by atoms with Gasteiger partial charge in [-0.2, -0.15) is 0 Å². The van der Waals surface area contributed by atoms with E-state index in [4.69, 9.17) is 0 Å². The van der Waals surface area contributed by atoms with E-state index in [2.05, 4.69) is 42.1 Å².